The van der Waals surface area contributed by atoms with Gasteiger partial charge in [0.05, 0.1) is 19.1 Å². The molecular formula is C15H22N2O2. The van der Waals surface area contributed by atoms with Crippen molar-refractivity contribution in [2.24, 2.45) is 11.8 Å². The van der Waals surface area contributed by atoms with Crippen LogP contribution in [0.15, 0.2) is 12.3 Å². The lowest BCUT2D eigenvalue weighted by Gasteiger charge is -2.63. The van der Waals surface area contributed by atoms with Crippen molar-refractivity contribution in [1.29, 1.82) is 0 Å². The van der Waals surface area contributed by atoms with E-state index in [4.69, 9.17) is 0 Å². The van der Waals surface area contributed by atoms with Gasteiger partial charge in [0.25, 0.3) is 0 Å². The average Bonchev–Trinajstić information content (AvgIpc) is 2.39. The van der Waals surface area contributed by atoms with E-state index >= 15 is 0 Å². The summed E-state index contributed by atoms with van der Waals surface area (Å²) in [7, 11) is 0. The van der Waals surface area contributed by atoms with Crippen LogP contribution in [0.1, 0.15) is 32.1 Å². The lowest BCUT2D eigenvalue weighted by Crippen LogP contribution is -2.68. The number of allylic oxidation sites excluding steroid dienone is 1. The second-order valence-corrected chi connectivity index (χ2v) is 6.93. The number of carbonyl (C=O) groups is 1. The van der Waals surface area contributed by atoms with E-state index in [1.54, 1.807) is 6.08 Å². The number of hydroxylamine groups is 3. The molecule has 0 radical (unpaired) electrons. The normalized spacial score (nSPS) is 48.7. The van der Waals surface area contributed by atoms with Gasteiger partial charge in [-0.2, -0.15) is 0 Å². The van der Waals surface area contributed by atoms with E-state index in [0.29, 0.717) is 30.3 Å². The molecule has 4 heteroatoms. The monoisotopic (exact) mass is 262 g/mol. The quantitative estimate of drug-likeness (QED) is 0.492. The Kier molecular flexibility index (Phi) is 2.55. The summed E-state index contributed by atoms with van der Waals surface area (Å²) in [4.78, 5) is 14.0. The zero-order valence-electron chi connectivity index (χ0n) is 11.3. The molecule has 19 heavy (non-hydrogen) atoms. The average molecular weight is 262 g/mol. The molecule has 5 atom stereocenters. The van der Waals surface area contributed by atoms with Crippen LogP contribution in [0.4, 0.5) is 0 Å². The summed E-state index contributed by atoms with van der Waals surface area (Å²) in [5.74, 6) is 1.21. The third-order valence-corrected chi connectivity index (χ3v) is 5.86. The fraction of sp³-hybridized carbons (Fsp3) is 0.800. The Balaban J connectivity index is 1.65. The number of hydrogen-bond acceptors (Lipinski definition) is 3. The van der Waals surface area contributed by atoms with Crippen LogP contribution in [-0.2, 0) is 4.79 Å². The van der Waals surface area contributed by atoms with E-state index in [9.17, 15) is 10.0 Å². The van der Waals surface area contributed by atoms with Crippen molar-refractivity contribution in [3.8, 4) is 0 Å². The van der Waals surface area contributed by atoms with Gasteiger partial charge in [0.1, 0.15) is 0 Å². The van der Waals surface area contributed by atoms with Crippen LogP contribution in [0.5, 0.6) is 0 Å². The van der Waals surface area contributed by atoms with Crippen molar-refractivity contribution in [1.82, 2.24) is 4.90 Å². The van der Waals surface area contributed by atoms with Gasteiger partial charge in [-0.1, -0.05) is 0 Å². The molecule has 0 aromatic heterocycles. The highest BCUT2D eigenvalue weighted by Gasteiger charge is 2.51. The van der Waals surface area contributed by atoms with Crippen LogP contribution in [0.25, 0.3) is 0 Å². The molecule has 3 fully saturated rings. The minimum atomic E-state index is 0.0532. The number of nitrogens with zero attached hydrogens (tertiary/aromatic N) is 2. The summed E-state index contributed by atoms with van der Waals surface area (Å²) in [5.41, 5.74) is 0. The topological polar surface area (TPSA) is 43.4 Å². The minimum absolute atomic E-state index is 0.0532. The standard InChI is InChI=1S/C15H22N2O2/c18-13-4-5-16-9-11-7-12(14(16)8-13)10-17(19)6-2-1-3-15(11)17/h4-5,11-12,14-15H,1-3,6-10H2/t11-,12-,14+,15-,17-/m0/s1. The molecule has 0 N–H and O–H groups in total. The second kappa shape index (κ2) is 4.06. The maximum Gasteiger partial charge on any atom is 0.159 e. The SMILES string of the molecule is O=C1C=CN2C[C@@H]3C[C@@H](C[N@@+]4([O-])CCCC[C@@H]34)[C@H]2C1. The fourth-order valence-electron chi connectivity index (χ4n) is 5.06. The molecule has 0 aliphatic carbocycles. The van der Waals surface area contributed by atoms with Crippen molar-refractivity contribution in [2.45, 2.75) is 44.2 Å². The third-order valence-electron chi connectivity index (χ3n) is 5.86. The zero-order chi connectivity index (χ0) is 13.0. The van der Waals surface area contributed by atoms with Gasteiger partial charge in [-0.25, -0.2) is 0 Å². The summed E-state index contributed by atoms with van der Waals surface area (Å²) in [6.07, 6.45) is 8.94. The van der Waals surface area contributed by atoms with Crippen molar-refractivity contribution >= 4 is 5.78 Å². The summed E-state index contributed by atoms with van der Waals surface area (Å²) in [6, 6.07) is 0.637. The first-order valence-corrected chi connectivity index (χ1v) is 7.70. The first-order valence-electron chi connectivity index (χ1n) is 7.70. The Bertz CT molecular complexity index is 436. The van der Waals surface area contributed by atoms with Gasteiger partial charge in [0.2, 0.25) is 0 Å². The highest BCUT2D eigenvalue weighted by molar-refractivity contribution is 5.90. The fourth-order valence-corrected chi connectivity index (χ4v) is 5.06. The predicted octanol–water partition coefficient (Wildman–Crippen LogP) is 1.66. The molecule has 2 bridgehead atoms. The molecule has 0 aromatic rings. The second-order valence-electron chi connectivity index (χ2n) is 6.93. The van der Waals surface area contributed by atoms with E-state index < -0.39 is 0 Å². The molecule has 4 rings (SSSR count). The summed E-state index contributed by atoms with van der Waals surface area (Å²) in [6.45, 7) is 2.56. The van der Waals surface area contributed by atoms with E-state index in [2.05, 4.69) is 4.90 Å². The highest BCUT2D eigenvalue weighted by atomic mass is 16.5. The predicted molar refractivity (Wildman–Crippen MR) is 71.9 cm³/mol. The van der Waals surface area contributed by atoms with Gasteiger partial charge in [0, 0.05) is 43.5 Å². The number of quaternary nitrogens is 1. The number of fused-ring (bicyclic) bond motifs is 6. The van der Waals surface area contributed by atoms with E-state index in [1.807, 2.05) is 6.20 Å². The largest absolute Gasteiger partial charge is 0.633 e. The van der Waals surface area contributed by atoms with Gasteiger partial charge in [-0.05, 0) is 25.3 Å². The Morgan fingerprint density at radius 1 is 1.32 bits per heavy atom. The molecule has 4 nitrogen and oxygen atoms in total. The Labute approximate surface area is 114 Å². The van der Waals surface area contributed by atoms with E-state index in [1.165, 1.54) is 12.8 Å². The van der Waals surface area contributed by atoms with Crippen LogP contribution < -0.4 is 0 Å². The van der Waals surface area contributed by atoms with Crippen LogP contribution in [0.2, 0.25) is 0 Å². The number of hydrogen-bond donors (Lipinski definition) is 0. The Morgan fingerprint density at radius 2 is 2.21 bits per heavy atom. The van der Waals surface area contributed by atoms with Crippen molar-refractivity contribution < 1.29 is 9.44 Å². The van der Waals surface area contributed by atoms with Crippen LogP contribution in [0, 0.1) is 17.0 Å². The number of ketones is 1. The van der Waals surface area contributed by atoms with Gasteiger partial charge < -0.3 is 14.8 Å². The Hall–Kier alpha value is -0.870. The molecule has 3 saturated heterocycles. The zero-order valence-corrected chi connectivity index (χ0v) is 11.3. The number of rotatable bonds is 0. The van der Waals surface area contributed by atoms with Crippen LogP contribution in [-0.4, -0.2) is 47.0 Å². The summed E-state index contributed by atoms with van der Waals surface area (Å²) < 4.78 is 0.0532. The number of carbonyl (C=O) groups excluding carboxylic acids is 1. The van der Waals surface area contributed by atoms with Crippen LogP contribution >= 0.6 is 0 Å². The molecule has 104 valence electrons. The van der Waals surface area contributed by atoms with Gasteiger partial charge in [-0.15, -0.1) is 0 Å². The Morgan fingerprint density at radius 3 is 3.11 bits per heavy atom. The molecule has 0 saturated carbocycles. The molecule has 0 amide bonds. The maximum atomic E-state index is 13.1. The molecular weight excluding hydrogens is 240 g/mol. The molecule has 0 aromatic carbocycles. The lowest BCUT2D eigenvalue weighted by molar-refractivity contribution is -0.925. The van der Waals surface area contributed by atoms with Crippen molar-refractivity contribution in [3.63, 3.8) is 0 Å². The van der Waals surface area contributed by atoms with Gasteiger partial charge in [-0.3, -0.25) is 4.79 Å². The highest BCUT2D eigenvalue weighted by Crippen LogP contribution is 2.45. The van der Waals surface area contributed by atoms with Gasteiger partial charge >= 0.3 is 0 Å². The summed E-state index contributed by atoms with van der Waals surface area (Å²) in [5, 5.41) is 13.1. The van der Waals surface area contributed by atoms with E-state index in [0.717, 1.165) is 32.5 Å². The number of piperidine rings is 3. The molecule has 4 heterocycles. The summed E-state index contributed by atoms with van der Waals surface area (Å²) >= 11 is 0. The van der Waals surface area contributed by atoms with Crippen molar-refractivity contribution in [3.05, 3.63) is 17.5 Å². The van der Waals surface area contributed by atoms with Gasteiger partial charge in [0.15, 0.2) is 5.78 Å². The smallest absolute Gasteiger partial charge is 0.159 e. The van der Waals surface area contributed by atoms with E-state index in [-0.39, 0.29) is 10.4 Å². The molecule has 0 spiro atoms. The maximum absolute atomic E-state index is 13.1. The first kappa shape index (κ1) is 11.9. The van der Waals surface area contributed by atoms with Crippen molar-refractivity contribution in [2.75, 3.05) is 19.6 Å². The molecule has 4 aliphatic heterocycles. The first-order chi connectivity index (χ1) is 9.16. The third kappa shape index (κ3) is 1.77. The lowest BCUT2D eigenvalue weighted by atomic mass is 9.71. The minimum Gasteiger partial charge on any atom is -0.633 e. The van der Waals surface area contributed by atoms with Crippen LogP contribution in [0.3, 0.4) is 0 Å². The molecule has 4 aliphatic rings. The molecule has 0 unspecified atom stereocenters.